The van der Waals surface area contributed by atoms with E-state index in [1.165, 1.54) is 37.8 Å². The minimum absolute atomic E-state index is 0.494. The molecule has 1 heterocycles. The topological polar surface area (TPSA) is 15.3 Å². The fraction of sp³-hybridized carbons (Fsp3) is 0.579. The van der Waals surface area contributed by atoms with E-state index in [4.69, 9.17) is 0 Å². The van der Waals surface area contributed by atoms with Gasteiger partial charge in [-0.3, -0.25) is 4.90 Å². The molecule has 2 nitrogen and oxygen atoms in total. The summed E-state index contributed by atoms with van der Waals surface area (Å²) < 4.78 is 0. The zero-order valence-corrected chi connectivity index (χ0v) is 13.2. The Kier molecular flexibility index (Phi) is 5.10. The number of piperazine rings is 1. The summed E-state index contributed by atoms with van der Waals surface area (Å²) in [5.41, 5.74) is 1.43. The second-order valence-corrected chi connectivity index (χ2v) is 6.54. The molecule has 0 radical (unpaired) electrons. The maximum absolute atomic E-state index is 3.75. The normalized spacial score (nSPS) is 30.4. The van der Waals surface area contributed by atoms with Gasteiger partial charge in [0.15, 0.2) is 0 Å². The molecular formula is C19H28N2. The number of nitrogens with zero attached hydrogens (tertiary/aromatic N) is 1. The van der Waals surface area contributed by atoms with Crippen LogP contribution in [0, 0.1) is 5.92 Å². The van der Waals surface area contributed by atoms with Crippen molar-refractivity contribution in [3.05, 3.63) is 48.0 Å². The van der Waals surface area contributed by atoms with Crippen LogP contribution >= 0.6 is 0 Å². The van der Waals surface area contributed by atoms with Gasteiger partial charge in [0, 0.05) is 31.7 Å². The van der Waals surface area contributed by atoms with Gasteiger partial charge >= 0.3 is 0 Å². The van der Waals surface area contributed by atoms with Crippen LogP contribution in [0.2, 0.25) is 0 Å². The number of hydrogen-bond acceptors (Lipinski definition) is 2. The van der Waals surface area contributed by atoms with Gasteiger partial charge in [0.2, 0.25) is 0 Å². The summed E-state index contributed by atoms with van der Waals surface area (Å²) in [6.07, 6.45) is 9.89. The number of allylic oxidation sites excluding steroid dienone is 2. The summed E-state index contributed by atoms with van der Waals surface area (Å²) in [5.74, 6) is 0.860. The Morgan fingerprint density at radius 1 is 1.19 bits per heavy atom. The molecule has 3 unspecified atom stereocenters. The van der Waals surface area contributed by atoms with E-state index in [-0.39, 0.29) is 0 Å². The maximum Gasteiger partial charge on any atom is 0.0449 e. The van der Waals surface area contributed by atoms with E-state index < -0.39 is 0 Å². The second kappa shape index (κ2) is 7.24. The van der Waals surface area contributed by atoms with Crippen molar-refractivity contribution in [3.8, 4) is 0 Å². The third-order valence-corrected chi connectivity index (χ3v) is 5.08. The van der Waals surface area contributed by atoms with Gasteiger partial charge in [-0.2, -0.15) is 0 Å². The zero-order valence-electron chi connectivity index (χ0n) is 13.2. The first kappa shape index (κ1) is 14.8. The van der Waals surface area contributed by atoms with Crippen LogP contribution in [0.3, 0.4) is 0 Å². The SMILES string of the molecule is CCC1CNC(c2ccccc2)CN1CC1CC=CCC1. The lowest BCUT2D eigenvalue weighted by Crippen LogP contribution is -2.53. The molecule has 0 amide bonds. The molecule has 3 atom stereocenters. The van der Waals surface area contributed by atoms with Crippen LogP contribution in [-0.2, 0) is 0 Å². The monoisotopic (exact) mass is 284 g/mol. The van der Waals surface area contributed by atoms with Crippen LogP contribution in [-0.4, -0.2) is 30.6 Å². The van der Waals surface area contributed by atoms with E-state index in [1.807, 2.05) is 0 Å². The molecule has 0 saturated carbocycles. The molecule has 1 aromatic carbocycles. The van der Waals surface area contributed by atoms with Gasteiger partial charge in [-0.1, -0.05) is 49.4 Å². The molecule has 1 fully saturated rings. The van der Waals surface area contributed by atoms with E-state index in [1.54, 1.807) is 0 Å². The third-order valence-electron chi connectivity index (χ3n) is 5.08. The Morgan fingerprint density at radius 3 is 2.76 bits per heavy atom. The number of nitrogens with one attached hydrogen (secondary N) is 1. The summed E-state index contributed by atoms with van der Waals surface area (Å²) in [6.45, 7) is 5.87. The highest BCUT2D eigenvalue weighted by Gasteiger charge is 2.29. The van der Waals surface area contributed by atoms with Gasteiger partial charge in [-0.15, -0.1) is 0 Å². The Labute approximate surface area is 129 Å². The average molecular weight is 284 g/mol. The lowest BCUT2D eigenvalue weighted by atomic mass is 9.92. The van der Waals surface area contributed by atoms with Crippen LogP contribution in [0.15, 0.2) is 42.5 Å². The first-order chi connectivity index (χ1) is 10.4. The lowest BCUT2D eigenvalue weighted by molar-refractivity contribution is 0.104. The third kappa shape index (κ3) is 3.75. The quantitative estimate of drug-likeness (QED) is 0.847. The van der Waals surface area contributed by atoms with Crippen LogP contribution in [0.5, 0.6) is 0 Å². The van der Waals surface area contributed by atoms with Crippen molar-refractivity contribution in [2.75, 3.05) is 19.6 Å². The zero-order chi connectivity index (χ0) is 14.5. The van der Waals surface area contributed by atoms with Crippen LogP contribution in [0.4, 0.5) is 0 Å². The van der Waals surface area contributed by atoms with Crippen molar-refractivity contribution < 1.29 is 0 Å². The average Bonchev–Trinajstić information content (AvgIpc) is 2.56. The molecule has 1 aliphatic carbocycles. The standard InChI is InChI=1S/C19H28N2/c1-2-18-13-20-19(17-11-7-4-8-12-17)15-21(18)14-16-9-5-3-6-10-16/h3-5,7-8,11-12,16,18-20H,2,6,9-10,13-15H2,1H3. The minimum Gasteiger partial charge on any atom is -0.307 e. The molecule has 0 bridgehead atoms. The fourth-order valence-corrected chi connectivity index (χ4v) is 3.74. The van der Waals surface area contributed by atoms with Gasteiger partial charge in [-0.05, 0) is 37.2 Å². The molecule has 114 valence electrons. The van der Waals surface area contributed by atoms with Crippen molar-refractivity contribution in [3.63, 3.8) is 0 Å². The fourth-order valence-electron chi connectivity index (χ4n) is 3.74. The minimum atomic E-state index is 0.494. The molecular weight excluding hydrogens is 256 g/mol. The Bertz CT molecular complexity index is 454. The molecule has 2 heteroatoms. The van der Waals surface area contributed by atoms with Crippen molar-refractivity contribution in [1.29, 1.82) is 0 Å². The van der Waals surface area contributed by atoms with Crippen LogP contribution in [0.1, 0.15) is 44.2 Å². The Balaban J connectivity index is 1.65. The highest BCUT2D eigenvalue weighted by molar-refractivity contribution is 5.20. The Hall–Kier alpha value is -1.12. The molecule has 21 heavy (non-hydrogen) atoms. The van der Waals surface area contributed by atoms with Gasteiger partial charge in [0.05, 0.1) is 0 Å². The molecule has 1 N–H and O–H groups in total. The summed E-state index contributed by atoms with van der Waals surface area (Å²) in [5, 5.41) is 3.75. The smallest absolute Gasteiger partial charge is 0.0449 e. The molecule has 1 aromatic rings. The highest BCUT2D eigenvalue weighted by Crippen LogP contribution is 2.25. The van der Waals surface area contributed by atoms with Gasteiger partial charge in [0.25, 0.3) is 0 Å². The van der Waals surface area contributed by atoms with E-state index in [0.717, 1.165) is 19.0 Å². The van der Waals surface area contributed by atoms with Crippen molar-refractivity contribution >= 4 is 0 Å². The van der Waals surface area contributed by atoms with Gasteiger partial charge in [0.1, 0.15) is 0 Å². The molecule has 3 rings (SSSR count). The van der Waals surface area contributed by atoms with E-state index in [2.05, 4.69) is 59.6 Å². The van der Waals surface area contributed by atoms with Crippen molar-refractivity contribution in [2.24, 2.45) is 5.92 Å². The highest BCUT2D eigenvalue weighted by atomic mass is 15.2. The van der Waals surface area contributed by atoms with Crippen LogP contribution < -0.4 is 5.32 Å². The second-order valence-electron chi connectivity index (χ2n) is 6.54. The van der Waals surface area contributed by atoms with Gasteiger partial charge in [-0.25, -0.2) is 0 Å². The summed E-state index contributed by atoms with van der Waals surface area (Å²) >= 11 is 0. The molecule has 2 aliphatic rings. The van der Waals surface area contributed by atoms with E-state index in [0.29, 0.717) is 12.1 Å². The largest absolute Gasteiger partial charge is 0.307 e. The van der Waals surface area contributed by atoms with E-state index in [9.17, 15) is 0 Å². The summed E-state index contributed by atoms with van der Waals surface area (Å²) in [7, 11) is 0. The van der Waals surface area contributed by atoms with Crippen LogP contribution in [0.25, 0.3) is 0 Å². The first-order valence-corrected chi connectivity index (χ1v) is 8.54. The molecule has 0 aromatic heterocycles. The maximum atomic E-state index is 3.75. The lowest BCUT2D eigenvalue weighted by Gasteiger charge is -2.42. The summed E-state index contributed by atoms with van der Waals surface area (Å²) in [4.78, 5) is 2.75. The molecule has 0 spiro atoms. The predicted octanol–water partition coefficient (Wildman–Crippen LogP) is 3.77. The Morgan fingerprint density at radius 2 is 2.05 bits per heavy atom. The van der Waals surface area contributed by atoms with E-state index >= 15 is 0 Å². The number of hydrogen-bond donors (Lipinski definition) is 1. The first-order valence-electron chi connectivity index (χ1n) is 8.54. The molecule has 1 saturated heterocycles. The number of benzene rings is 1. The van der Waals surface area contributed by atoms with Gasteiger partial charge < -0.3 is 5.32 Å². The van der Waals surface area contributed by atoms with Crippen molar-refractivity contribution in [1.82, 2.24) is 10.2 Å². The molecule has 1 aliphatic heterocycles. The summed E-state index contributed by atoms with van der Waals surface area (Å²) in [6, 6.07) is 12.1. The number of rotatable bonds is 4. The predicted molar refractivity (Wildman–Crippen MR) is 89.3 cm³/mol. The van der Waals surface area contributed by atoms with Crippen molar-refractivity contribution in [2.45, 2.75) is 44.7 Å².